The van der Waals surface area contributed by atoms with E-state index in [2.05, 4.69) is 27.7 Å². The number of rotatable bonds is 34. The number of aromatic nitrogens is 2. The van der Waals surface area contributed by atoms with Crippen LogP contribution in [0, 0.1) is 6.92 Å². The molecule has 1 fully saturated rings. The van der Waals surface area contributed by atoms with Gasteiger partial charge in [-0.3, -0.25) is 28.5 Å². The van der Waals surface area contributed by atoms with E-state index in [-0.39, 0.29) is 18.6 Å². The van der Waals surface area contributed by atoms with Crippen LogP contribution in [0.4, 0.5) is 0 Å². The number of aromatic amines is 1. The Kier molecular flexibility index (Phi) is 30.4. The molecule has 1 aliphatic heterocycles. The van der Waals surface area contributed by atoms with Crippen molar-refractivity contribution in [3.63, 3.8) is 0 Å². The van der Waals surface area contributed by atoms with Gasteiger partial charge in [-0.05, 0) is 32.6 Å². The third kappa shape index (κ3) is 27.1. The van der Waals surface area contributed by atoms with Gasteiger partial charge in [0.05, 0.1) is 19.3 Å². The molecule has 5 atom stereocenters. The Balaban J connectivity index is 0.000000646. The third-order valence-corrected chi connectivity index (χ3v) is 12.4. The summed E-state index contributed by atoms with van der Waals surface area (Å²) in [6.07, 6.45) is 25.1. The summed E-state index contributed by atoms with van der Waals surface area (Å²) in [5.41, 5.74) is -0.854. The van der Waals surface area contributed by atoms with Crippen molar-refractivity contribution in [1.82, 2.24) is 9.55 Å². The molecule has 19 heteroatoms. The molecular weight excluding hydrogens is 822 g/mol. The van der Waals surface area contributed by atoms with Crippen molar-refractivity contribution in [2.75, 3.05) is 13.2 Å². The van der Waals surface area contributed by atoms with Crippen molar-refractivity contribution >= 4 is 27.4 Å². The Morgan fingerprint density at radius 1 is 0.783 bits per heavy atom. The number of phosphoric ester groups is 1. The van der Waals surface area contributed by atoms with E-state index >= 15 is 0 Å². The number of aryl methyl sites for hydroxylation is 1. The molecule has 0 amide bonds. The topological polar surface area (TPSA) is 261 Å². The van der Waals surface area contributed by atoms with Crippen LogP contribution in [0.25, 0.3) is 0 Å². The van der Waals surface area contributed by atoms with Gasteiger partial charge in [-0.1, -0.05) is 142 Å². The van der Waals surface area contributed by atoms with Gasteiger partial charge in [0, 0.05) is 24.6 Å². The van der Waals surface area contributed by atoms with Gasteiger partial charge in [0.1, 0.15) is 12.3 Å². The van der Waals surface area contributed by atoms with Gasteiger partial charge in [0.25, 0.3) is 5.56 Å². The number of carbonyl (C=O) groups is 2. The number of esters is 1. The van der Waals surface area contributed by atoms with Crippen molar-refractivity contribution in [2.24, 2.45) is 0 Å². The average molecular weight is 899 g/mol. The molecule has 60 heavy (non-hydrogen) atoms. The highest BCUT2D eigenvalue weighted by Gasteiger charge is 2.35. The first-order valence-corrected chi connectivity index (χ1v) is 25.3. The number of aliphatic hydroxyl groups is 2. The zero-order valence-corrected chi connectivity index (χ0v) is 38.1. The summed E-state index contributed by atoms with van der Waals surface area (Å²) in [5, 5.41) is 19.3. The number of nitrogens with one attached hydrogen (secondary N) is 1. The SMILES string of the molecule is CCCCCCCCCCCCCC(=O)OC(C(=O)CCCCCCCCCCCCC)C(O)CO.Cc1cn(C2CCC(COP(=O)(O)OP(=O)(O)O)O2)c(=O)[nH]c1=O. The highest BCUT2D eigenvalue weighted by atomic mass is 31.3. The Hall–Kier alpha value is -2.04. The monoisotopic (exact) mass is 898 g/mol. The normalized spacial score (nSPS) is 17.4. The Morgan fingerprint density at radius 2 is 1.25 bits per heavy atom. The summed E-state index contributed by atoms with van der Waals surface area (Å²) in [6, 6.07) is 0. The largest absolute Gasteiger partial charge is 0.481 e. The summed E-state index contributed by atoms with van der Waals surface area (Å²) in [7, 11) is -10.1. The second kappa shape index (κ2) is 32.6. The number of H-pyrrole nitrogens is 1. The fraction of sp³-hybridized carbons (Fsp3) is 0.854. The number of aliphatic hydroxyl groups excluding tert-OH is 2. The molecule has 6 N–H and O–H groups in total. The smallest absolute Gasteiger partial charge is 0.451 e. The van der Waals surface area contributed by atoms with Crippen LogP contribution in [0.5, 0.6) is 0 Å². The number of phosphoric acid groups is 2. The Labute approximate surface area is 356 Å². The highest BCUT2D eigenvalue weighted by molar-refractivity contribution is 7.60. The Bertz CT molecular complexity index is 1530. The molecular formula is C41H76N2O15P2. The summed E-state index contributed by atoms with van der Waals surface area (Å²) in [6.45, 7) is 4.94. The number of hydrogen-bond donors (Lipinski definition) is 6. The van der Waals surface area contributed by atoms with Crippen LogP contribution < -0.4 is 11.2 Å². The highest BCUT2D eigenvalue weighted by Crippen LogP contribution is 2.57. The molecule has 0 spiro atoms. The van der Waals surface area contributed by atoms with Gasteiger partial charge >= 0.3 is 27.3 Å². The lowest BCUT2D eigenvalue weighted by molar-refractivity contribution is -0.163. The van der Waals surface area contributed by atoms with Crippen molar-refractivity contribution in [3.8, 4) is 0 Å². The van der Waals surface area contributed by atoms with E-state index < -0.39 is 70.6 Å². The van der Waals surface area contributed by atoms with E-state index in [1.165, 1.54) is 120 Å². The summed E-state index contributed by atoms with van der Waals surface area (Å²) >= 11 is 0. The summed E-state index contributed by atoms with van der Waals surface area (Å²) in [5.74, 6) is -0.726. The molecule has 350 valence electrons. The molecule has 0 bridgehead atoms. The molecule has 1 aliphatic rings. The Morgan fingerprint density at radius 3 is 1.72 bits per heavy atom. The fourth-order valence-corrected chi connectivity index (χ4v) is 8.46. The van der Waals surface area contributed by atoms with Crippen molar-refractivity contribution in [2.45, 2.75) is 212 Å². The number of nitrogens with zero attached hydrogens (tertiary/aromatic N) is 1. The van der Waals surface area contributed by atoms with Gasteiger partial charge in [-0.15, -0.1) is 0 Å². The van der Waals surface area contributed by atoms with Crippen LogP contribution in [0.15, 0.2) is 15.8 Å². The predicted molar refractivity (Wildman–Crippen MR) is 228 cm³/mol. The maximum Gasteiger partial charge on any atom is 0.481 e. The van der Waals surface area contributed by atoms with Gasteiger partial charge in [0.2, 0.25) is 0 Å². The lowest BCUT2D eigenvalue weighted by atomic mass is 10.0. The average Bonchev–Trinajstić information content (AvgIpc) is 3.66. The molecule has 1 aromatic heterocycles. The van der Waals surface area contributed by atoms with Crippen molar-refractivity contribution < 1.29 is 61.9 Å². The van der Waals surface area contributed by atoms with Crippen LogP contribution in [0.3, 0.4) is 0 Å². The molecule has 1 saturated heterocycles. The molecule has 17 nitrogen and oxygen atoms in total. The summed E-state index contributed by atoms with van der Waals surface area (Å²) in [4.78, 5) is 76.2. The van der Waals surface area contributed by atoms with Crippen LogP contribution in [0.2, 0.25) is 0 Å². The van der Waals surface area contributed by atoms with Crippen LogP contribution in [0.1, 0.15) is 193 Å². The second-order valence-electron chi connectivity index (χ2n) is 15.8. The zero-order valence-electron chi connectivity index (χ0n) is 36.3. The first-order chi connectivity index (χ1) is 28.5. The van der Waals surface area contributed by atoms with Crippen LogP contribution in [-0.4, -0.2) is 77.7 Å². The maximum atomic E-state index is 12.6. The lowest BCUT2D eigenvalue weighted by Gasteiger charge is -2.20. The fourth-order valence-electron chi connectivity index (χ4n) is 6.84. The number of carbonyl (C=O) groups excluding carboxylic acids is 2. The minimum Gasteiger partial charge on any atom is -0.451 e. The number of ether oxygens (including phenoxy) is 2. The first-order valence-electron chi connectivity index (χ1n) is 22.3. The molecule has 0 aliphatic carbocycles. The van der Waals surface area contributed by atoms with Crippen molar-refractivity contribution in [3.05, 3.63) is 32.6 Å². The van der Waals surface area contributed by atoms with E-state index in [0.717, 1.165) is 38.5 Å². The van der Waals surface area contributed by atoms with Crippen LogP contribution in [-0.2, 0) is 37.0 Å². The molecule has 2 heterocycles. The number of unbranched alkanes of at least 4 members (excludes halogenated alkanes) is 20. The third-order valence-electron chi connectivity index (χ3n) is 10.3. The van der Waals surface area contributed by atoms with Gasteiger partial charge in [-0.25, -0.2) is 13.9 Å². The van der Waals surface area contributed by atoms with Gasteiger partial charge in [0.15, 0.2) is 11.9 Å². The van der Waals surface area contributed by atoms with E-state index in [1.807, 2.05) is 0 Å². The van der Waals surface area contributed by atoms with Gasteiger partial charge in [-0.2, -0.15) is 4.31 Å². The number of ketones is 1. The molecule has 0 saturated carbocycles. The maximum absolute atomic E-state index is 12.6. The number of hydrogen-bond acceptors (Lipinski definition) is 12. The molecule has 1 aromatic rings. The quantitative estimate of drug-likeness (QED) is 0.0218. The standard InChI is InChI=1S/C31H60O5.C10H16N2O10P2/c1-3-5-7-9-11-13-15-17-19-21-23-25-28(33)31(29(34)27-32)36-30(35)26-24-22-20-18-16-14-12-10-8-6-4-2;1-6-4-12(10(14)11-9(6)13)8-3-2-7(21-8)5-20-24(18,19)22-23(15,16)17/h29,31-32,34H,3-27H2,1-2H3;4,7-8H,2-3,5H2,1H3,(H,18,19)(H,11,13,14)(H2,15,16,17). The van der Waals surface area contributed by atoms with E-state index in [9.17, 15) is 43.4 Å². The van der Waals surface area contributed by atoms with Crippen LogP contribution >= 0.6 is 15.6 Å². The summed E-state index contributed by atoms with van der Waals surface area (Å²) < 4.78 is 42.0. The zero-order chi connectivity index (χ0) is 44.8. The molecule has 0 aromatic carbocycles. The minimum atomic E-state index is -5.18. The molecule has 5 unspecified atom stereocenters. The molecule has 2 rings (SSSR count). The van der Waals surface area contributed by atoms with E-state index in [1.54, 1.807) is 0 Å². The second-order valence-corrected chi connectivity index (χ2v) is 18.6. The minimum absolute atomic E-state index is 0.261. The van der Waals surface area contributed by atoms with Crippen molar-refractivity contribution in [1.29, 1.82) is 0 Å². The van der Waals surface area contributed by atoms with E-state index in [4.69, 9.17) is 19.3 Å². The molecule has 0 radical (unpaired) electrons. The van der Waals surface area contributed by atoms with Gasteiger partial charge < -0.3 is 34.4 Å². The van der Waals surface area contributed by atoms with E-state index in [0.29, 0.717) is 18.4 Å². The predicted octanol–water partition coefficient (Wildman–Crippen LogP) is 7.97. The lowest BCUT2D eigenvalue weighted by Crippen LogP contribution is -2.40. The number of Topliss-reactive ketones (excluding diaryl/α,β-unsaturated/α-hetero) is 1. The first kappa shape index (κ1) is 56.0.